The van der Waals surface area contributed by atoms with Crippen LogP contribution in [0.4, 0.5) is 20.4 Å². The molecule has 3 heterocycles. The van der Waals surface area contributed by atoms with Gasteiger partial charge < -0.3 is 26.4 Å². The molecule has 2 amide bonds. The molecule has 14 heteroatoms. The number of nitriles is 1. The first-order valence-electron chi connectivity index (χ1n) is 11.8. The maximum Gasteiger partial charge on any atom is 0.322 e. The van der Waals surface area contributed by atoms with Crippen LogP contribution in [-0.4, -0.2) is 63.9 Å². The monoisotopic (exact) mass is 515 g/mol. The molecule has 1 saturated heterocycles. The molecule has 2 aliphatic rings. The fourth-order valence-electron chi connectivity index (χ4n) is 3.89. The Hall–Kier alpha value is -4.15. The minimum Gasteiger partial charge on any atom is -0.462 e. The van der Waals surface area contributed by atoms with E-state index in [9.17, 15) is 23.6 Å². The molecule has 0 bridgehead atoms. The van der Waals surface area contributed by atoms with Crippen LogP contribution in [0.3, 0.4) is 0 Å². The number of nitrogens with zero attached hydrogens (tertiary/aromatic N) is 6. The molecule has 0 unspecified atom stereocenters. The van der Waals surface area contributed by atoms with Crippen molar-refractivity contribution in [1.29, 1.82) is 5.26 Å². The standard InChI is InChI=1S/C23H27F2N9O3/c1-22(24,25)11-29-19(36)18-31-20(33-21(32-18)37-12-23(10-26)6-7-23)34-8-4-13(5-9-34)15-3-2-14(27)16(30-15)17(28)35/h2-3,13H,4-9,11-12,27H2,1H3,(H2,28,35)(H,29,36). The van der Waals surface area contributed by atoms with Crippen LogP contribution >= 0.6 is 0 Å². The van der Waals surface area contributed by atoms with Gasteiger partial charge in [-0.05, 0) is 37.8 Å². The lowest BCUT2D eigenvalue weighted by Gasteiger charge is -2.32. The summed E-state index contributed by atoms with van der Waals surface area (Å²) in [7, 11) is 0. The van der Waals surface area contributed by atoms with Gasteiger partial charge in [-0.2, -0.15) is 20.2 Å². The summed E-state index contributed by atoms with van der Waals surface area (Å²) in [6.07, 6.45) is 2.62. The van der Waals surface area contributed by atoms with E-state index in [0.29, 0.717) is 51.4 Å². The number of hydrogen-bond acceptors (Lipinski definition) is 10. The van der Waals surface area contributed by atoms with Crippen LogP contribution in [-0.2, 0) is 0 Å². The molecule has 4 rings (SSSR count). The lowest BCUT2D eigenvalue weighted by Crippen LogP contribution is -2.37. The summed E-state index contributed by atoms with van der Waals surface area (Å²) in [5.74, 6) is -4.89. The molecule has 2 aromatic heterocycles. The number of halogens is 2. The van der Waals surface area contributed by atoms with Crippen molar-refractivity contribution in [2.24, 2.45) is 11.1 Å². The topological polar surface area (TPSA) is 186 Å². The molecule has 5 N–H and O–H groups in total. The Morgan fingerprint density at radius 1 is 1.24 bits per heavy atom. The predicted octanol–water partition coefficient (Wildman–Crippen LogP) is 1.40. The smallest absolute Gasteiger partial charge is 0.322 e. The number of aromatic nitrogens is 4. The van der Waals surface area contributed by atoms with Gasteiger partial charge in [0.2, 0.25) is 11.8 Å². The Bertz CT molecular complexity index is 1230. The Morgan fingerprint density at radius 2 is 1.95 bits per heavy atom. The summed E-state index contributed by atoms with van der Waals surface area (Å²) in [6, 6.07) is 5.39. The minimum absolute atomic E-state index is 0.0208. The highest BCUT2D eigenvalue weighted by molar-refractivity contribution is 5.95. The molecule has 0 aromatic carbocycles. The largest absolute Gasteiger partial charge is 0.462 e. The number of nitrogens with one attached hydrogen (secondary N) is 1. The molecule has 0 radical (unpaired) electrons. The molecule has 196 valence electrons. The molecule has 12 nitrogen and oxygen atoms in total. The van der Waals surface area contributed by atoms with Crippen molar-refractivity contribution in [2.75, 3.05) is 36.9 Å². The zero-order valence-corrected chi connectivity index (χ0v) is 20.2. The van der Waals surface area contributed by atoms with Crippen molar-refractivity contribution in [3.8, 4) is 12.1 Å². The minimum atomic E-state index is -3.11. The second kappa shape index (κ2) is 10.1. The van der Waals surface area contributed by atoms with Gasteiger partial charge in [0.05, 0.1) is 23.7 Å². The molecule has 2 fully saturated rings. The maximum atomic E-state index is 13.2. The van der Waals surface area contributed by atoms with Gasteiger partial charge in [0.1, 0.15) is 6.61 Å². The van der Waals surface area contributed by atoms with E-state index >= 15 is 0 Å². The maximum absolute atomic E-state index is 13.2. The van der Waals surface area contributed by atoms with E-state index in [1.807, 2.05) is 4.90 Å². The van der Waals surface area contributed by atoms with Crippen LogP contribution in [0.1, 0.15) is 65.3 Å². The van der Waals surface area contributed by atoms with Gasteiger partial charge in [-0.25, -0.2) is 13.8 Å². The van der Waals surface area contributed by atoms with E-state index in [0.717, 1.165) is 0 Å². The number of rotatable bonds is 9. The van der Waals surface area contributed by atoms with Crippen molar-refractivity contribution < 1.29 is 23.1 Å². The molecule has 37 heavy (non-hydrogen) atoms. The first-order chi connectivity index (χ1) is 17.5. The highest BCUT2D eigenvalue weighted by atomic mass is 19.3. The Balaban J connectivity index is 1.51. The van der Waals surface area contributed by atoms with Crippen LogP contribution in [0.15, 0.2) is 12.1 Å². The van der Waals surface area contributed by atoms with Gasteiger partial charge in [-0.1, -0.05) is 0 Å². The lowest BCUT2D eigenvalue weighted by atomic mass is 9.93. The van der Waals surface area contributed by atoms with Crippen molar-refractivity contribution in [3.05, 3.63) is 29.3 Å². The van der Waals surface area contributed by atoms with E-state index in [-0.39, 0.29) is 41.7 Å². The third-order valence-corrected chi connectivity index (χ3v) is 6.31. The molecular formula is C23H27F2N9O3. The summed E-state index contributed by atoms with van der Waals surface area (Å²) in [5, 5.41) is 11.4. The quantitative estimate of drug-likeness (QED) is 0.441. The predicted molar refractivity (Wildman–Crippen MR) is 127 cm³/mol. The van der Waals surface area contributed by atoms with Crippen LogP contribution in [0, 0.1) is 16.7 Å². The fraction of sp³-hybridized carbons (Fsp3) is 0.522. The number of carbonyl (C=O) groups excluding carboxylic acids is 2. The number of pyridine rings is 1. The number of ether oxygens (including phenoxy) is 1. The second-order valence-corrected chi connectivity index (χ2v) is 9.47. The molecule has 2 aromatic rings. The van der Waals surface area contributed by atoms with Gasteiger partial charge in [0, 0.05) is 31.6 Å². The van der Waals surface area contributed by atoms with Crippen molar-refractivity contribution in [1.82, 2.24) is 25.3 Å². The van der Waals surface area contributed by atoms with E-state index in [2.05, 4.69) is 31.3 Å². The third-order valence-electron chi connectivity index (χ3n) is 6.31. The highest BCUT2D eigenvalue weighted by Crippen LogP contribution is 2.44. The van der Waals surface area contributed by atoms with Crippen LogP contribution in [0.2, 0.25) is 0 Å². The van der Waals surface area contributed by atoms with Crippen molar-refractivity contribution in [3.63, 3.8) is 0 Å². The number of alkyl halides is 2. The fourth-order valence-corrected chi connectivity index (χ4v) is 3.89. The molecule has 1 aliphatic carbocycles. The van der Waals surface area contributed by atoms with Gasteiger partial charge in [0.15, 0.2) is 5.69 Å². The number of amides is 2. The Kier molecular flexibility index (Phi) is 7.06. The molecule has 0 spiro atoms. The SMILES string of the molecule is CC(F)(F)CNC(=O)c1nc(OCC2(C#N)CC2)nc(N2CCC(c3ccc(N)c(C(N)=O)n3)CC2)n1. The normalized spacial score (nSPS) is 17.1. The molecule has 0 atom stereocenters. The van der Waals surface area contributed by atoms with E-state index in [1.54, 1.807) is 12.1 Å². The molecule has 1 saturated carbocycles. The zero-order valence-electron chi connectivity index (χ0n) is 20.2. The third kappa shape index (κ3) is 6.35. The number of hydrogen-bond donors (Lipinski definition) is 3. The van der Waals surface area contributed by atoms with Gasteiger partial charge in [0.25, 0.3) is 17.7 Å². The summed E-state index contributed by atoms with van der Waals surface area (Å²) in [5.41, 5.74) is 11.5. The Labute approximate surface area is 211 Å². The van der Waals surface area contributed by atoms with E-state index in [4.69, 9.17) is 16.2 Å². The first-order valence-corrected chi connectivity index (χ1v) is 11.8. The second-order valence-electron chi connectivity index (χ2n) is 9.47. The number of nitrogen functional groups attached to an aromatic ring is 1. The Morgan fingerprint density at radius 3 is 2.54 bits per heavy atom. The van der Waals surface area contributed by atoms with Crippen molar-refractivity contribution >= 4 is 23.5 Å². The number of primary amides is 1. The average Bonchev–Trinajstić information content (AvgIpc) is 3.66. The summed E-state index contributed by atoms with van der Waals surface area (Å²) >= 11 is 0. The van der Waals surface area contributed by atoms with E-state index < -0.39 is 29.7 Å². The van der Waals surface area contributed by atoms with Gasteiger partial charge >= 0.3 is 6.01 Å². The summed E-state index contributed by atoms with van der Waals surface area (Å²) in [4.78, 5) is 42.8. The highest BCUT2D eigenvalue weighted by Gasteiger charge is 2.44. The van der Waals surface area contributed by atoms with Crippen LogP contribution < -0.4 is 26.4 Å². The zero-order chi connectivity index (χ0) is 26.8. The number of carbonyl (C=O) groups is 2. The lowest BCUT2D eigenvalue weighted by molar-refractivity contribution is 0.0219. The number of nitrogens with two attached hydrogens (primary N) is 2. The van der Waals surface area contributed by atoms with E-state index in [1.165, 1.54) is 0 Å². The summed E-state index contributed by atoms with van der Waals surface area (Å²) < 4.78 is 32.1. The molecular weight excluding hydrogens is 488 g/mol. The van der Waals surface area contributed by atoms with Gasteiger partial charge in [-0.15, -0.1) is 0 Å². The van der Waals surface area contributed by atoms with Crippen LogP contribution in [0.5, 0.6) is 6.01 Å². The number of piperidine rings is 1. The van der Waals surface area contributed by atoms with Crippen molar-refractivity contribution in [2.45, 2.75) is 44.4 Å². The van der Waals surface area contributed by atoms with Crippen LogP contribution in [0.25, 0.3) is 0 Å². The van der Waals surface area contributed by atoms with Gasteiger partial charge in [-0.3, -0.25) is 9.59 Å². The average molecular weight is 516 g/mol. The number of anilines is 2. The summed E-state index contributed by atoms with van der Waals surface area (Å²) in [6.45, 7) is 0.802. The molecule has 1 aliphatic heterocycles. The first kappa shape index (κ1) is 25.9.